The molecule has 1 unspecified atom stereocenters. The summed E-state index contributed by atoms with van der Waals surface area (Å²) in [5.74, 6) is 0.543. The predicted molar refractivity (Wildman–Crippen MR) is 112 cm³/mol. The Hall–Kier alpha value is -3.47. The molecule has 0 saturated carbocycles. The molecule has 0 spiro atoms. The lowest BCUT2D eigenvalue weighted by molar-refractivity contribution is 0.0882. The zero-order valence-corrected chi connectivity index (χ0v) is 16.2. The number of aliphatic hydroxyl groups excluding tert-OH is 1. The third kappa shape index (κ3) is 4.04. The molecule has 1 atom stereocenters. The number of nitrogens with zero attached hydrogens (tertiary/aromatic N) is 3. The first-order valence-electron chi connectivity index (χ1n) is 9.00. The Bertz CT molecular complexity index is 1230. The molecule has 0 aliphatic heterocycles. The van der Waals surface area contributed by atoms with Gasteiger partial charge >= 0.3 is 0 Å². The number of fused-ring (bicyclic) bond motifs is 1. The fraction of sp³-hybridized carbons (Fsp3) is 0.136. The molecule has 2 aromatic carbocycles. The maximum absolute atomic E-state index is 12.9. The van der Waals surface area contributed by atoms with Crippen molar-refractivity contribution in [2.24, 2.45) is 0 Å². The first-order chi connectivity index (χ1) is 14.2. The van der Waals surface area contributed by atoms with Crippen molar-refractivity contribution in [3.05, 3.63) is 82.0 Å². The van der Waals surface area contributed by atoms with Gasteiger partial charge in [0, 0.05) is 5.39 Å². The summed E-state index contributed by atoms with van der Waals surface area (Å²) < 4.78 is 6.86. The molecule has 0 fully saturated rings. The summed E-state index contributed by atoms with van der Waals surface area (Å²) in [7, 11) is 0. The van der Waals surface area contributed by atoms with Crippen LogP contribution < -0.4 is 10.3 Å². The molecule has 2 heterocycles. The van der Waals surface area contributed by atoms with E-state index in [9.17, 15) is 9.90 Å². The first kappa shape index (κ1) is 18.9. The monoisotopic (exact) mass is 403 g/mol. The normalized spacial score (nSPS) is 11.9. The van der Waals surface area contributed by atoms with Crippen molar-refractivity contribution in [2.75, 3.05) is 6.61 Å². The van der Waals surface area contributed by atoms with Gasteiger partial charge < -0.3 is 9.84 Å². The number of hydrogen-bond donors (Lipinski definition) is 1. The largest absolute Gasteiger partial charge is 0.491 e. The summed E-state index contributed by atoms with van der Waals surface area (Å²) in [5, 5.41) is 27.1. The van der Waals surface area contributed by atoms with Gasteiger partial charge in [0.05, 0.1) is 28.4 Å². The van der Waals surface area contributed by atoms with Crippen LogP contribution in [0.5, 0.6) is 5.75 Å². The van der Waals surface area contributed by atoms with Gasteiger partial charge in [0.25, 0.3) is 5.56 Å². The third-order valence-corrected chi connectivity index (χ3v) is 5.31. The Morgan fingerprint density at radius 2 is 1.86 bits per heavy atom. The standard InChI is InChI=1S/C22H17N3O3S/c23-12-15-7-9-17(10-8-15)28-14-16(26)13-25-22(27)19-5-2-1-4-18(19)21(24-25)20-6-3-11-29-20/h1-11,16,26H,13-14H2. The number of thiophene rings is 1. The van der Waals surface area contributed by atoms with E-state index in [2.05, 4.69) is 5.10 Å². The minimum atomic E-state index is -0.923. The van der Waals surface area contributed by atoms with E-state index in [-0.39, 0.29) is 18.7 Å². The van der Waals surface area contributed by atoms with Crippen LogP contribution in [0.2, 0.25) is 0 Å². The summed E-state index contributed by atoms with van der Waals surface area (Å²) in [6, 6.07) is 19.9. The Labute approximate surface area is 170 Å². The molecule has 29 heavy (non-hydrogen) atoms. The van der Waals surface area contributed by atoms with Crippen LogP contribution in [-0.2, 0) is 6.54 Å². The molecular formula is C22H17N3O3S. The second kappa shape index (κ2) is 8.27. The lowest BCUT2D eigenvalue weighted by Crippen LogP contribution is -2.32. The average molecular weight is 403 g/mol. The van der Waals surface area contributed by atoms with Gasteiger partial charge in [-0.25, -0.2) is 4.68 Å². The van der Waals surface area contributed by atoms with Crippen molar-refractivity contribution in [3.63, 3.8) is 0 Å². The van der Waals surface area contributed by atoms with Crippen molar-refractivity contribution in [1.82, 2.24) is 9.78 Å². The number of benzene rings is 2. The van der Waals surface area contributed by atoms with Crippen LogP contribution in [0.25, 0.3) is 21.3 Å². The minimum absolute atomic E-state index is 0.00117. The van der Waals surface area contributed by atoms with E-state index in [0.717, 1.165) is 16.0 Å². The molecule has 4 rings (SSSR count). The van der Waals surface area contributed by atoms with E-state index in [1.54, 1.807) is 41.7 Å². The number of nitriles is 1. The molecule has 0 amide bonds. The highest BCUT2D eigenvalue weighted by molar-refractivity contribution is 7.13. The smallest absolute Gasteiger partial charge is 0.274 e. The van der Waals surface area contributed by atoms with Crippen molar-refractivity contribution in [3.8, 4) is 22.4 Å². The number of hydrogen-bond acceptors (Lipinski definition) is 6. The zero-order chi connectivity index (χ0) is 20.2. The van der Waals surface area contributed by atoms with Gasteiger partial charge in [-0.05, 0) is 41.8 Å². The molecule has 0 aliphatic rings. The fourth-order valence-corrected chi connectivity index (χ4v) is 3.75. The molecule has 6 nitrogen and oxygen atoms in total. The number of ether oxygens (including phenoxy) is 1. The van der Waals surface area contributed by atoms with Gasteiger partial charge in [0.15, 0.2) is 0 Å². The third-order valence-electron chi connectivity index (χ3n) is 4.43. The van der Waals surface area contributed by atoms with Crippen LogP contribution in [0, 0.1) is 11.3 Å². The predicted octanol–water partition coefficient (Wildman–Crippen LogP) is 3.44. The summed E-state index contributed by atoms with van der Waals surface area (Å²) in [4.78, 5) is 13.8. The number of aliphatic hydroxyl groups is 1. The van der Waals surface area contributed by atoms with E-state index in [0.29, 0.717) is 16.7 Å². The summed E-state index contributed by atoms with van der Waals surface area (Å²) in [6.45, 7) is 0.0134. The SMILES string of the molecule is N#Cc1ccc(OCC(O)Cn2nc(-c3cccs3)c3ccccc3c2=O)cc1. The highest BCUT2D eigenvalue weighted by atomic mass is 32.1. The average Bonchev–Trinajstić information content (AvgIpc) is 3.29. The van der Waals surface area contributed by atoms with Crippen LogP contribution in [0.4, 0.5) is 0 Å². The molecular weight excluding hydrogens is 386 g/mol. The molecule has 0 radical (unpaired) electrons. The van der Waals surface area contributed by atoms with Gasteiger partial charge in [0.2, 0.25) is 0 Å². The van der Waals surface area contributed by atoms with Gasteiger partial charge in [-0.3, -0.25) is 4.79 Å². The molecule has 7 heteroatoms. The quantitative estimate of drug-likeness (QED) is 0.533. The molecule has 0 saturated heterocycles. The van der Waals surface area contributed by atoms with Gasteiger partial charge in [0.1, 0.15) is 24.2 Å². The molecule has 144 valence electrons. The molecule has 0 aliphatic carbocycles. The van der Waals surface area contributed by atoms with Crippen molar-refractivity contribution in [1.29, 1.82) is 5.26 Å². The van der Waals surface area contributed by atoms with Crippen molar-refractivity contribution < 1.29 is 9.84 Å². The van der Waals surface area contributed by atoms with Gasteiger partial charge in [-0.2, -0.15) is 10.4 Å². The van der Waals surface area contributed by atoms with E-state index >= 15 is 0 Å². The van der Waals surface area contributed by atoms with E-state index in [4.69, 9.17) is 10.00 Å². The molecule has 2 aromatic heterocycles. The Balaban J connectivity index is 1.58. The Morgan fingerprint density at radius 3 is 2.55 bits per heavy atom. The van der Waals surface area contributed by atoms with E-state index in [1.807, 2.05) is 41.8 Å². The number of rotatable bonds is 6. The highest BCUT2D eigenvalue weighted by Crippen LogP contribution is 2.28. The van der Waals surface area contributed by atoms with Crippen LogP contribution in [0.1, 0.15) is 5.56 Å². The second-order valence-electron chi connectivity index (χ2n) is 6.46. The van der Waals surface area contributed by atoms with Crippen LogP contribution in [0.3, 0.4) is 0 Å². The topological polar surface area (TPSA) is 88.1 Å². The lowest BCUT2D eigenvalue weighted by atomic mass is 10.1. The minimum Gasteiger partial charge on any atom is -0.491 e. The maximum atomic E-state index is 12.9. The van der Waals surface area contributed by atoms with Crippen LogP contribution in [-0.4, -0.2) is 27.6 Å². The highest BCUT2D eigenvalue weighted by Gasteiger charge is 2.15. The zero-order valence-electron chi connectivity index (χ0n) is 15.4. The molecule has 0 bridgehead atoms. The van der Waals surface area contributed by atoms with Crippen LogP contribution in [0.15, 0.2) is 70.8 Å². The summed E-state index contributed by atoms with van der Waals surface area (Å²) in [6.07, 6.45) is -0.923. The van der Waals surface area contributed by atoms with Gasteiger partial charge in [-0.1, -0.05) is 24.3 Å². The van der Waals surface area contributed by atoms with Crippen molar-refractivity contribution in [2.45, 2.75) is 12.6 Å². The fourth-order valence-electron chi connectivity index (χ4n) is 3.02. The summed E-state index contributed by atoms with van der Waals surface area (Å²) in [5.41, 5.74) is 1.000. The van der Waals surface area contributed by atoms with Crippen molar-refractivity contribution >= 4 is 22.1 Å². The van der Waals surface area contributed by atoms with E-state index in [1.165, 1.54) is 4.68 Å². The Kier molecular flexibility index (Phi) is 5.38. The molecule has 4 aromatic rings. The first-order valence-corrected chi connectivity index (χ1v) is 9.88. The number of aromatic nitrogens is 2. The molecule has 1 N–H and O–H groups in total. The second-order valence-corrected chi connectivity index (χ2v) is 7.41. The van der Waals surface area contributed by atoms with E-state index < -0.39 is 6.10 Å². The van der Waals surface area contributed by atoms with Crippen LogP contribution >= 0.6 is 11.3 Å². The summed E-state index contributed by atoms with van der Waals surface area (Å²) >= 11 is 1.55. The maximum Gasteiger partial charge on any atom is 0.274 e. The van der Waals surface area contributed by atoms with Gasteiger partial charge in [-0.15, -0.1) is 11.3 Å². The Morgan fingerprint density at radius 1 is 1.10 bits per heavy atom. The lowest BCUT2D eigenvalue weighted by Gasteiger charge is -2.15.